The van der Waals surface area contributed by atoms with Crippen LogP contribution in [0.25, 0.3) is 11.3 Å². The van der Waals surface area contributed by atoms with E-state index < -0.39 is 0 Å². The minimum Gasteiger partial charge on any atom is -0.507 e. The van der Waals surface area contributed by atoms with Gasteiger partial charge in [-0.1, -0.05) is 23.7 Å². The van der Waals surface area contributed by atoms with Crippen LogP contribution < -0.4 is 0 Å². The van der Waals surface area contributed by atoms with E-state index in [1.165, 1.54) is 0 Å². The zero-order chi connectivity index (χ0) is 10.8. The highest BCUT2D eigenvalue weighted by Crippen LogP contribution is 2.27. The number of aryl methyl sites for hydroxylation is 1. The molecule has 0 amide bonds. The van der Waals surface area contributed by atoms with Gasteiger partial charge in [0.15, 0.2) is 5.15 Å². The molecule has 0 bridgehead atoms. The molecule has 0 aliphatic heterocycles. The van der Waals surface area contributed by atoms with Crippen molar-refractivity contribution < 1.29 is 5.11 Å². The van der Waals surface area contributed by atoms with E-state index in [-0.39, 0.29) is 5.75 Å². The normalized spacial score (nSPS) is 10.3. The number of hydrogen-bond donors (Lipinski definition) is 1. The van der Waals surface area contributed by atoms with Crippen LogP contribution in [0.4, 0.5) is 0 Å². The fourth-order valence-electron chi connectivity index (χ4n) is 1.29. The highest BCUT2D eigenvalue weighted by molar-refractivity contribution is 6.30. The molecule has 2 rings (SSSR count). The van der Waals surface area contributed by atoms with Gasteiger partial charge in [0, 0.05) is 5.56 Å². The number of phenols is 1. The van der Waals surface area contributed by atoms with Gasteiger partial charge in [0.2, 0.25) is 0 Å². The Bertz CT molecular complexity index is 500. The Hall–Kier alpha value is -1.61. The zero-order valence-corrected chi connectivity index (χ0v) is 8.86. The first kappa shape index (κ1) is 9.93. The van der Waals surface area contributed by atoms with E-state index in [0.717, 1.165) is 5.56 Å². The summed E-state index contributed by atoms with van der Waals surface area (Å²) in [5.41, 5.74) is 2.12. The first-order chi connectivity index (χ1) is 7.18. The fourth-order valence-corrected chi connectivity index (χ4v) is 1.38. The Balaban J connectivity index is 2.55. The van der Waals surface area contributed by atoms with Crippen LogP contribution in [0.3, 0.4) is 0 Å². The highest BCUT2D eigenvalue weighted by atomic mass is 35.5. The smallest absolute Gasteiger partial charge is 0.154 e. The first-order valence-electron chi connectivity index (χ1n) is 4.46. The van der Waals surface area contributed by atoms with Gasteiger partial charge in [0.05, 0.1) is 5.69 Å². The summed E-state index contributed by atoms with van der Waals surface area (Å²) in [5, 5.41) is 17.7. The number of nitrogens with zero attached hydrogens (tertiary/aromatic N) is 2. The second-order valence-corrected chi connectivity index (χ2v) is 3.58. The number of aromatic hydroxyl groups is 1. The van der Waals surface area contributed by atoms with Crippen LogP contribution >= 0.6 is 11.6 Å². The minimum atomic E-state index is 0.188. The van der Waals surface area contributed by atoms with Crippen LogP contribution in [0, 0.1) is 6.92 Å². The summed E-state index contributed by atoms with van der Waals surface area (Å²) in [4.78, 5) is 0. The predicted molar refractivity (Wildman–Crippen MR) is 58.9 cm³/mol. The molecule has 0 atom stereocenters. The van der Waals surface area contributed by atoms with Gasteiger partial charge in [-0.15, -0.1) is 10.2 Å². The van der Waals surface area contributed by atoms with Crippen LogP contribution in [0.5, 0.6) is 5.75 Å². The minimum absolute atomic E-state index is 0.188. The fraction of sp³-hybridized carbons (Fsp3) is 0.0909. The Morgan fingerprint density at radius 3 is 2.60 bits per heavy atom. The number of benzene rings is 1. The van der Waals surface area contributed by atoms with Gasteiger partial charge in [-0.2, -0.15) is 0 Å². The van der Waals surface area contributed by atoms with Gasteiger partial charge in [0.1, 0.15) is 5.75 Å². The number of halogens is 1. The lowest BCUT2D eigenvalue weighted by molar-refractivity contribution is 0.477. The Kier molecular flexibility index (Phi) is 2.56. The van der Waals surface area contributed by atoms with E-state index in [9.17, 15) is 5.11 Å². The van der Waals surface area contributed by atoms with Crippen molar-refractivity contribution >= 4 is 11.6 Å². The van der Waals surface area contributed by atoms with Crippen molar-refractivity contribution in [2.45, 2.75) is 6.92 Å². The summed E-state index contributed by atoms with van der Waals surface area (Å²) >= 11 is 5.77. The van der Waals surface area contributed by atoms with Crippen molar-refractivity contribution in [1.82, 2.24) is 10.2 Å². The van der Waals surface area contributed by atoms with Crippen molar-refractivity contribution in [3.8, 4) is 17.0 Å². The lowest BCUT2D eigenvalue weighted by Crippen LogP contribution is -1.91. The average Bonchev–Trinajstić information content (AvgIpc) is 2.23. The van der Waals surface area contributed by atoms with E-state index >= 15 is 0 Å². The summed E-state index contributed by atoms with van der Waals surface area (Å²) < 4.78 is 0. The molecule has 4 heteroatoms. The van der Waals surface area contributed by atoms with Gasteiger partial charge in [0.25, 0.3) is 0 Å². The second kappa shape index (κ2) is 3.87. The summed E-state index contributed by atoms with van der Waals surface area (Å²) in [6.45, 7) is 1.85. The number of para-hydroxylation sites is 1. The van der Waals surface area contributed by atoms with Crippen molar-refractivity contribution in [3.05, 3.63) is 41.0 Å². The second-order valence-electron chi connectivity index (χ2n) is 3.22. The van der Waals surface area contributed by atoms with Crippen LogP contribution in [-0.4, -0.2) is 15.3 Å². The van der Waals surface area contributed by atoms with Crippen molar-refractivity contribution in [2.75, 3.05) is 0 Å². The average molecular weight is 221 g/mol. The van der Waals surface area contributed by atoms with E-state index in [0.29, 0.717) is 16.4 Å². The molecule has 0 radical (unpaired) electrons. The SMILES string of the molecule is Cc1cc(-c2ccccc2O)nnc1Cl. The monoisotopic (exact) mass is 220 g/mol. The summed E-state index contributed by atoms with van der Waals surface area (Å²) in [7, 11) is 0. The molecule has 2 aromatic rings. The molecule has 0 fully saturated rings. The van der Waals surface area contributed by atoms with Gasteiger partial charge in [-0.3, -0.25) is 0 Å². The third-order valence-electron chi connectivity index (χ3n) is 2.10. The van der Waals surface area contributed by atoms with Crippen LogP contribution in [0.15, 0.2) is 30.3 Å². The topological polar surface area (TPSA) is 46.0 Å². The first-order valence-corrected chi connectivity index (χ1v) is 4.84. The molecule has 76 valence electrons. The number of aromatic nitrogens is 2. The molecule has 0 saturated heterocycles. The maximum Gasteiger partial charge on any atom is 0.154 e. The molecular weight excluding hydrogens is 212 g/mol. The van der Waals surface area contributed by atoms with Gasteiger partial charge >= 0.3 is 0 Å². The molecule has 0 saturated carbocycles. The zero-order valence-electron chi connectivity index (χ0n) is 8.11. The molecule has 0 aliphatic rings. The van der Waals surface area contributed by atoms with Crippen molar-refractivity contribution in [2.24, 2.45) is 0 Å². The van der Waals surface area contributed by atoms with E-state index in [2.05, 4.69) is 10.2 Å². The standard InChI is InChI=1S/C11H9ClN2O/c1-7-6-9(13-14-11(7)12)8-4-2-3-5-10(8)15/h2-6,15H,1H3. The summed E-state index contributed by atoms with van der Waals surface area (Å²) in [5.74, 6) is 0.188. The predicted octanol–water partition coefficient (Wildman–Crippen LogP) is 2.81. The summed E-state index contributed by atoms with van der Waals surface area (Å²) in [6.07, 6.45) is 0. The molecule has 1 aromatic heterocycles. The molecule has 0 aliphatic carbocycles. The number of hydrogen-bond acceptors (Lipinski definition) is 3. The molecule has 1 heterocycles. The van der Waals surface area contributed by atoms with Crippen molar-refractivity contribution in [1.29, 1.82) is 0 Å². The molecule has 3 nitrogen and oxygen atoms in total. The molecular formula is C11H9ClN2O. The van der Waals surface area contributed by atoms with Gasteiger partial charge in [-0.05, 0) is 30.7 Å². The Morgan fingerprint density at radius 2 is 1.93 bits per heavy atom. The maximum absolute atomic E-state index is 9.62. The third kappa shape index (κ3) is 1.92. The molecule has 0 spiro atoms. The van der Waals surface area contributed by atoms with Gasteiger partial charge in [-0.25, -0.2) is 0 Å². The molecule has 1 N–H and O–H groups in total. The quantitative estimate of drug-likeness (QED) is 0.804. The summed E-state index contributed by atoms with van der Waals surface area (Å²) in [6, 6.07) is 8.79. The number of phenolic OH excluding ortho intramolecular Hbond substituents is 1. The largest absolute Gasteiger partial charge is 0.507 e. The number of rotatable bonds is 1. The van der Waals surface area contributed by atoms with E-state index in [1.54, 1.807) is 24.3 Å². The maximum atomic E-state index is 9.62. The van der Waals surface area contributed by atoms with Crippen molar-refractivity contribution in [3.63, 3.8) is 0 Å². The van der Waals surface area contributed by atoms with Crippen LogP contribution in [-0.2, 0) is 0 Å². The van der Waals surface area contributed by atoms with E-state index in [1.807, 2.05) is 13.0 Å². The third-order valence-corrected chi connectivity index (χ3v) is 2.48. The lowest BCUT2D eigenvalue weighted by Gasteiger charge is -2.03. The Morgan fingerprint density at radius 1 is 1.20 bits per heavy atom. The van der Waals surface area contributed by atoms with Crippen LogP contribution in [0.2, 0.25) is 5.15 Å². The molecule has 1 aromatic carbocycles. The highest BCUT2D eigenvalue weighted by Gasteiger charge is 2.07. The molecule has 0 unspecified atom stereocenters. The van der Waals surface area contributed by atoms with E-state index in [4.69, 9.17) is 11.6 Å². The Labute approximate surface area is 92.4 Å². The van der Waals surface area contributed by atoms with Gasteiger partial charge < -0.3 is 5.11 Å². The van der Waals surface area contributed by atoms with Crippen LogP contribution in [0.1, 0.15) is 5.56 Å². The molecule has 15 heavy (non-hydrogen) atoms. The lowest BCUT2D eigenvalue weighted by atomic mass is 10.1.